The summed E-state index contributed by atoms with van der Waals surface area (Å²) in [5.74, 6) is 0.00530. The molecule has 2 rings (SSSR count). The summed E-state index contributed by atoms with van der Waals surface area (Å²) in [5.41, 5.74) is 0. The van der Waals surface area contributed by atoms with Gasteiger partial charge >= 0.3 is 5.97 Å². The first-order chi connectivity index (χ1) is 8.16. The van der Waals surface area contributed by atoms with Crippen molar-refractivity contribution in [1.82, 2.24) is 20.5 Å². The van der Waals surface area contributed by atoms with Crippen LogP contribution in [-0.4, -0.2) is 32.3 Å². The molecule has 0 spiro atoms. The number of hydrogen-bond donors (Lipinski definition) is 3. The van der Waals surface area contributed by atoms with Crippen molar-refractivity contribution in [2.24, 2.45) is 5.92 Å². The lowest BCUT2D eigenvalue weighted by Crippen LogP contribution is -2.36. The Bertz CT molecular complexity index is 358. The molecule has 1 atom stereocenters. The van der Waals surface area contributed by atoms with Crippen molar-refractivity contribution in [3.8, 4) is 0 Å². The average molecular weight is 238 g/mol. The van der Waals surface area contributed by atoms with E-state index in [2.05, 4.69) is 20.5 Å². The fraction of sp³-hybridized carbons (Fsp3) is 0.727. The zero-order valence-corrected chi connectivity index (χ0v) is 9.89. The lowest BCUT2D eigenvalue weighted by Gasteiger charge is -2.28. The molecule has 1 aromatic heterocycles. The van der Waals surface area contributed by atoms with Crippen molar-refractivity contribution in [3.05, 3.63) is 12.2 Å². The van der Waals surface area contributed by atoms with Gasteiger partial charge in [-0.1, -0.05) is 0 Å². The summed E-state index contributed by atoms with van der Waals surface area (Å²) >= 11 is 0. The minimum Gasteiger partial charge on any atom is -0.481 e. The van der Waals surface area contributed by atoms with Gasteiger partial charge in [-0.05, 0) is 32.6 Å². The standard InChI is InChI=1S/C11H18N4O2/c1-7(10-12-6-13-15-10)14-9-4-2-8(3-5-9)11(16)17/h6-9,14H,2-5H2,1H3,(H,16,17)(H,12,13,15). The molecule has 1 unspecified atom stereocenters. The largest absolute Gasteiger partial charge is 0.481 e. The van der Waals surface area contributed by atoms with Crippen molar-refractivity contribution in [3.63, 3.8) is 0 Å². The van der Waals surface area contributed by atoms with Crippen LogP contribution in [0.4, 0.5) is 0 Å². The number of nitrogens with one attached hydrogen (secondary N) is 2. The summed E-state index contributed by atoms with van der Waals surface area (Å²) in [7, 11) is 0. The quantitative estimate of drug-likeness (QED) is 0.730. The van der Waals surface area contributed by atoms with E-state index in [0.717, 1.165) is 31.5 Å². The Morgan fingerprint density at radius 3 is 2.76 bits per heavy atom. The Balaban J connectivity index is 1.80. The number of aromatic amines is 1. The van der Waals surface area contributed by atoms with E-state index >= 15 is 0 Å². The zero-order valence-electron chi connectivity index (χ0n) is 9.89. The van der Waals surface area contributed by atoms with Crippen LogP contribution in [0.3, 0.4) is 0 Å². The third kappa shape index (κ3) is 3.03. The molecule has 17 heavy (non-hydrogen) atoms. The van der Waals surface area contributed by atoms with Gasteiger partial charge in [-0.3, -0.25) is 9.89 Å². The van der Waals surface area contributed by atoms with Crippen LogP contribution in [0.5, 0.6) is 0 Å². The summed E-state index contributed by atoms with van der Waals surface area (Å²) in [6.45, 7) is 2.03. The number of nitrogens with zero attached hydrogens (tertiary/aromatic N) is 2. The second-order valence-electron chi connectivity index (χ2n) is 4.65. The number of aromatic nitrogens is 3. The molecule has 0 bridgehead atoms. The van der Waals surface area contributed by atoms with Gasteiger partial charge in [0.15, 0.2) is 0 Å². The molecule has 1 fully saturated rings. The number of H-pyrrole nitrogens is 1. The van der Waals surface area contributed by atoms with E-state index in [1.165, 1.54) is 6.33 Å². The maximum atomic E-state index is 10.8. The van der Waals surface area contributed by atoms with E-state index in [-0.39, 0.29) is 12.0 Å². The molecular formula is C11H18N4O2. The van der Waals surface area contributed by atoms with Crippen LogP contribution < -0.4 is 5.32 Å². The minimum absolute atomic E-state index is 0.129. The number of carboxylic acids is 1. The van der Waals surface area contributed by atoms with Gasteiger partial charge in [0.05, 0.1) is 12.0 Å². The van der Waals surface area contributed by atoms with Gasteiger partial charge in [0.2, 0.25) is 0 Å². The topological polar surface area (TPSA) is 90.9 Å². The first-order valence-electron chi connectivity index (χ1n) is 6.01. The minimum atomic E-state index is -0.660. The van der Waals surface area contributed by atoms with Gasteiger partial charge in [0.1, 0.15) is 12.2 Å². The van der Waals surface area contributed by atoms with Gasteiger partial charge in [-0.25, -0.2) is 4.98 Å². The molecule has 6 heteroatoms. The zero-order chi connectivity index (χ0) is 12.3. The molecule has 1 saturated carbocycles. The van der Waals surface area contributed by atoms with Crippen LogP contribution in [0.2, 0.25) is 0 Å². The van der Waals surface area contributed by atoms with Gasteiger partial charge in [0, 0.05) is 6.04 Å². The SMILES string of the molecule is CC(NC1CCC(C(=O)O)CC1)c1ncn[nH]1. The molecule has 3 N–H and O–H groups in total. The van der Waals surface area contributed by atoms with Crippen molar-refractivity contribution in [1.29, 1.82) is 0 Å². The number of aliphatic carboxylic acids is 1. The fourth-order valence-corrected chi connectivity index (χ4v) is 2.36. The smallest absolute Gasteiger partial charge is 0.306 e. The number of rotatable bonds is 4. The molecule has 0 amide bonds. The highest BCUT2D eigenvalue weighted by atomic mass is 16.4. The predicted octanol–water partition coefficient (Wildman–Crippen LogP) is 1.10. The Kier molecular flexibility index (Phi) is 3.73. The Morgan fingerprint density at radius 1 is 1.53 bits per heavy atom. The number of hydrogen-bond acceptors (Lipinski definition) is 4. The summed E-state index contributed by atoms with van der Waals surface area (Å²) in [4.78, 5) is 14.9. The van der Waals surface area contributed by atoms with Crippen LogP contribution in [0.1, 0.15) is 44.5 Å². The van der Waals surface area contributed by atoms with Crippen molar-refractivity contribution >= 4 is 5.97 Å². The van der Waals surface area contributed by atoms with Crippen molar-refractivity contribution < 1.29 is 9.90 Å². The molecule has 0 saturated heterocycles. The second kappa shape index (κ2) is 5.27. The third-order valence-electron chi connectivity index (χ3n) is 3.41. The summed E-state index contributed by atoms with van der Waals surface area (Å²) in [6.07, 6.45) is 4.84. The Hall–Kier alpha value is -1.43. The third-order valence-corrected chi connectivity index (χ3v) is 3.41. The lowest BCUT2D eigenvalue weighted by atomic mass is 9.86. The van der Waals surface area contributed by atoms with E-state index in [1.807, 2.05) is 6.92 Å². The van der Waals surface area contributed by atoms with E-state index in [1.54, 1.807) is 0 Å². The average Bonchev–Trinajstić information content (AvgIpc) is 2.83. The molecule has 0 radical (unpaired) electrons. The van der Waals surface area contributed by atoms with Crippen LogP contribution in [0.25, 0.3) is 0 Å². The summed E-state index contributed by atoms with van der Waals surface area (Å²) in [5, 5.41) is 19.0. The molecule has 1 heterocycles. The van der Waals surface area contributed by atoms with E-state index in [0.29, 0.717) is 6.04 Å². The van der Waals surface area contributed by atoms with Gasteiger partial charge in [-0.2, -0.15) is 5.10 Å². The molecule has 0 aliphatic heterocycles. The maximum absolute atomic E-state index is 10.8. The van der Waals surface area contributed by atoms with Gasteiger partial charge in [0.25, 0.3) is 0 Å². The van der Waals surface area contributed by atoms with E-state index < -0.39 is 5.97 Å². The molecule has 1 aromatic rings. The highest BCUT2D eigenvalue weighted by Crippen LogP contribution is 2.25. The molecule has 6 nitrogen and oxygen atoms in total. The van der Waals surface area contributed by atoms with Crippen LogP contribution in [0.15, 0.2) is 6.33 Å². The second-order valence-corrected chi connectivity index (χ2v) is 4.65. The Morgan fingerprint density at radius 2 is 2.24 bits per heavy atom. The molecular weight excluding hydrogens is 220 g/mol. The highest BCUT2D eigenvalue weighted by Gasteiger charge is 2.26. The molecule has 1 aliphatic rings. The maximum Gasteiger partial charge on any atom is 0.306 e. The molecule has 0 aromatic carbocycles. The fourth-order valence-electron chi connectivity index (χ4n) is 2.36. The number of carbonyl (C=O) groups is 1. The predicted molar refractivity (Wildman–Crippen MR) is 61.3 cm³/mol. The summed E-state index contributed by atoms with van der Waals surface area (Å²) in [6, 6.07) is 0.509. The first-order valence-corrected chi connectivity index (χ1v) is 6.01. The van der Waals surface area contributed by atoms with Crippen molar-refractivity contribution in [2.75, 3.05) is 0 Å². The van der Waals surface area contributed by atoms with Crippen LogP contribution in [0, 0.1) is 5.92 Å². The lowest BCUT2D eigenvalue weighted by molar-refractivity contribution is -0.142. The Labute approximate surface area is 99.8 Å². The first kappa shape index (κ1) is 12.0. The van der Waals surface area contributed by atoms with Crippen LogP contribution in [-0.2, 0) is 4.79 Å². The van der Waals surface area contributed by atoms with E-state index in [4.69, 9.17) is 5.11 Å². The van der Waals surface area contributed by atoms with Gasteiger partial charge < -0.3 is 10.4 Å². The van der Waals surface area contributed by atoms with Gasteiger partial charge in [-0.15, -0.1) is 0 Å². The van der Waals surface area contributed by atoms with Crippen molar-refractivity contribution in [2.45, 2.75) is 44.7 Å². The van der Waals surface area contributed by atoms with E-state index in [9.17, 15) is 4.79 Å². The highest BCUT2D eigenvalue weighted by molar-refractivity contribution is 5.70. The molecule has 1 aliphatic carbocycles. The number of carboxylic acid groups (broad SMARTS) is 1. The van der Waals surface area contributed by atoms with Crippen LogP contribution >= 0.6 is 0 Å². The monoisotopic (exact) mass is 238 g/mol. The molecule has 94 valence electrons. The summed E-state index contributed by atoms with van der Waals surface area (Å²) < 4.78 is 0. The normalized spacial score (nSPS) is 26.6.